The van der Waals surface area contributed by atoms with Crippen molar-refractivity contribution in [3.8, 4) is 5.75 Å². The van der Waals surface area contributed by atoms with Gasteiger partial charge in [0, 0.05) is 6.54 Å². The number of benzene rings is 1. The van der Waals surface area contributed by atoms with Gasteiger partial charge in [-0.1, -0.05) is 19.8 Å². The molecule has 0 bridgehead atoms. The number of amides is 1. The number of nitrogens with one attached hydrogen (secondary N) is 1. The van der Waals surface area contributed by atoms with Crippen molar-refractivity contribution in [3.05, 3.63) is 28.5 Å². The molecular weight excluding hydrogens is 313 g/mol. The van der Waals surface area contributed by atoms with Gasteiger partial charge in [-0.15, -0.1) is 0 Å². The maximum absolute atomic E-state index is 13.1. The van der Waals surface area contributed by atoms with E-state index in [4.69, 9.17) is 4.74 Å². The van der Waals surface area contributed by atoms with Crippen molar-refractivity contribution in [2.24, 2.45) is 0 Å². The van der Waals surface area contributed by atoms with Crippen molar-refractivity contribution in [1.82, 2.24) is 5.32 Å². The number of halogens is 2. The van der Waals surface area contributed by atoms with E-state index in [9.17, 15) is 9.18 Å². The Morgan fingerprint density at radius 1 is 1.47 bits per heavy atom. The van der Waals surface area contributed by atoms with E-state index < -0.39 is 6.10 Å². The van der Waals surface area contributed by atoms with E-state index in [1.165, 1.54) is 18.2 Å². The third kappa shape index (κ3) is 5.59. The van der Waals surface area contributed by atoms with Gasteiger partial charge in [-0.25, -0.2) is 4.39 Å². The van der Waals surface area contributed by atoms with E-state index in [2.05, 4.69) is 28.2 Å². The number of ether oxygens (including phenoxy) is 1. The molecule has 0 spiro atoms. The molecule has 0 heterocycles. The van der Waals surface area contributed by atoms with Gasteiger partial charge >= 0.3 is 0 Å². The first-order valence-corrected chi connectivity index (χ1v) is 7.23. The van der Waals surface area contributed by atoms with Crippen LogP contribution in [0.2, 0.25) is 0 Å². The summed E-state index contributed by atoms with van der Waals surface area (Å²) in [4.78, 5) is 11.7. The third-order valence-electron chi connectivity index (χ3n) is 2.65. The molecule has 19 heavy (non-hydrogen) atoms. The summed E-state index contributed by atoms with van der Waals surface area (Å²) in [7, 11) is 0. The molecule has 1 N–H and O–H groups in total. The van der Waals surface area contributed by atoms with Crippen molar-refractivity contribution < 1.29 is 13.9 Å². The molecule has 0 aliphatic carbocycles. The first kappa shape index (κ1) is 16.0. The third-order valence-corrected chi connectivity index (χ3v) is 3.26. The highest BCUT2D eigenvalue weighted by molar-refractivity contribution is 9.10. The van der Waals surface area contributed by atoms with Crippen molar-refractivity contribution in [1.29, 1.82) is 0 Å². The Labute approximate surface area is 121 Å². The Morgan fingerprint density at radius 2 is 2.21 bits per heavy atom. The Hall–Kier alpha value is -1.10. The van der Waals surface area contributed by atoms with E-state index in [-0.39, 0.29) is 11.7 Å². The van der Waals surface area contributed by atoms with Crippen LogP contribution in [0.5, 0.6) is 5.75 Å². The van der Waals surface area contributed by atoms with E-state index in [1.807, 2.05) is 0 Å². The van der Waals surface area contributed by atoms with Crippen LogP contribution in [-0.2, 0) is 4.79 Å². The Balaban J connectivity index is 2.42. The number of hydrogen-bond acceptors (Lipinski definition) is 2. The highest BCUT2D eigenvalue weighted by atomic mass is 79.9. The fourth-order valence-electron chi connectivity index (χ4n) is 1.54. The van der Waals surface area contributed by atoms with Gasteiger partial charge in [-0.2, -0.15) is 0 Å². The minimum absolute atomic E-state index is 0.156. The summed E-state index contributed by atoms with van der Waals surface area (Å²) in [5, 5.41) is 2.81. The highest BCUT2D eigenvalue weighted by Gasteiger charge is 2.14. The number of carbonyl (C=O) groups excluding carboxylic acids is 1. The summed E-state index contributed by atoms with van der Waals surface area (Å²) in [5.74, 6) is -0.0509. The van der Waals surface area contributed by atoms with Crippen LogP contribution >= 0.6 is 15.9 Å². The molecule has 1 aromatic rings. The molecule has 0 aromatic heterocycles. The Bertz CT molecular complexity index is 426. The smallest absolute Gasteiger partial charge is 0.260 e. The quantitative estimate of drug-likeness (QED) is 0.774. The van der Waals surface area contributed by atoms with Crippen LogP contribution in [0.4, 0.5) is 4.39 Å². The minimum atomic E-state index is -0.598. The summed E-state index contributed by atoms with van der Waals surface area (Å²) >= 11 is 3.08. The van der Waals surface area contributed by atoms with Crippen LogP contribution in [-0.4, -0.2) is 18.6 Å². The van der Waals surface area contributed by atoms with Crippen molar-refractivity contribution in [2.75, 3.05) is 6.54 Å². The van der Waals surface area contributed by atoms with E-state index in [1.54, 1.807) is 6.92 Å². The van der Waals surface area contributed by atoms with Crippen LogP contribution < -0.4 is 10.1 Å². The van der Waals surface area contributed by atoms with Gasteiger partial charge in [-0.05, 0) is 47.5 Å². The molecule has 0 radical (unpaired) electrons. The average Bonchev–Trinajstić information content (AvgIpc) is 2.38. The van der Waals surface area contributed by atoms with Gasteiger partial charge in [0.2, 0.25) is 0 Å². The number of carbonyl (C=O) groups is 1. The molecule has 0 aliphatic heterocycles. The lowest BCUT2D eigenvalue weighted by Crippen LogP contribution is -2.36. The summed E-state index contributed by atoms with van der Waals surface area (Å²) in [6, 6.07) is 4.31. The molecule has 1 amide bonds. The lowest BCUT2D eigenvalue weighted by Gasteiger charge is -2.15. The van der Waals surface area contributed by atoms with Crippen molar-refractivity contribution >= 4 is 21.8 Å². The molecule has 1 aromatic carbocycles. The summed E-state index contributed by atoms with van der Waals surface area (Å²) in [6.07, 6.45) is 2.59. The van der Waals surface area contributed by atoms with E-state index in [0.29, 0.717) is 16.8 Å². The normalized spacial score (nSPS) is 12.0. The molecular formula is C14H19BrFNO2. The Kier molecular flexibility index (Phi) is 6.84. The molecule has 1 atom stereocenters. The fraction of sp³-hybridized carbons (Fsp3) is 0.500. The van der Waals surface area contributed by atoms with Crippen molar-refractivity contribution in [3.63, 3.8) is 0 Å². The molecule has 0 saturated carbocycles. The standard InChI is InChI=1S/C14H19BrFNO2/c1-3-4-5-8-17-14(18)10(2)19-11-6-7-13(16)12(15)9-11/h6-7,9-10H,3-5,8H2,1-2H3,(H,17,18). The van der Waals surface area contributed by atoms with Gasteiger partial charge in [0.05, 0.1) is 4.47 Å². The predicted octanol–water partition coefficient (Wildman–Crippen LogP) is 3.66. The molecule has 0 fully saturated rings. The molecule has 106 valence electrons. The Morgan fingerprint density at radius 3 is 2.84 bits per heavy atom. The maximum atomic E-state index is 13.1. The van der Waals surface area contributed by atoms with E-state index in [0.717, 1.165) is 19.3 Å². The molecule has 1 unspecified atom stereocenters. The lowest BCUT2D eigenvalue weighted by molar-refractivity contribution is -0.127. The van der Waals surface area contributed by atoms with Crippen molar-refractivity contribution in [2.45, 2.75) is 39.2 Å². The zero-order valence-electron chi connectivity index (χ0n) is 11.2. The first-order valence-electron chi connectivity index (χ1n) is 6.44. The minimum Gasteiger partial charge on any atom is -0.481 e. The van der Waals surface area contributed by atoms with Crippen LogP contribution in [0.25, 0.3) is 0 Å². The van der Waals surface area contributed by atoms with Gasteiger partial charge in [0.15, 0.2) is 6.10 Å². The topological polar surface area (TPSA) is 38.3 Å². The predicted molar refractivity (Wildman–Crippen MR) is 76.7 cm³/mol. The first-order chi connectivity index (χ1) is 9.04. The highest BCUT2D eigenvalue weighted by Crippen LogP contribution is 2.22. The monoisotopic (exact) mass is 331 g/mol. The molecule has 5 heteroatoms. The largest absolute Gasteiger partial charge is 0.481 e. The van der Waals surface area contributed by atoms with Gasteiger partial charge in [-0.3, -0.25) is 4.79 Å². The van der Waals surface area contributed by atoms with Gasteiger partial charge in [0.25, 0.3) is 5.91 Å². The molecule has 3 nitrogen and oxygen atoms in total. The SMILES string of the molecule is CCCCCNC(=O)C(C)Oc1ccc(F)c(Br)c1. The average molecular weight is 332 g/mol. The summed E-state index contributed by atoms with van der Waals surface area (Å²) in [5.41, 5.74) is 0. The zero-order chi connectivity index (χ0) is 14.3. The zero-order valence-corrected chi connectivity index (χ0v) is 12.8. The number of rotatable bonds is 7. The summed E-state index contributed by atoms with van der Waals surface area (Å²) < 4.78 is 18.8. The lowest BCUT2D eigenvalue weighted by atomic mass is 10.2. The second-order valence-corrected chi connectivity index (χ2v) is 5.19. The van der Waals surface area contributed by atoms with Crippen LogP contribution in [0, 0.1) is 5.82 Å². The van der Waals surface area contributed by atoms with E-state index >= 15 is 0 Å². The number of unbranched alkanes of at least 4 members (excludes halogenated alkanes) is 2. The fourth-order valence-corrected chi connectivity index (χ4v) is 1.90. The molecule has 1 rings (SSSR count). The van der Waals surface area contributed by atoms with Crippen LogP contribution in [0.1, 0.15) is 33.1 Å². The summed E-state index contributed by atoms with van der Waals surface area (Å²) in [6.45, 7) is 4.44. The van der Waals surface area contributed by atoms with Crippen LogP contribution in [0.3, 0.4) is 0 Å². The molecule has 0 saturated heterocycles. The second-order valence-electron chi connectivity index (χ2n) is 4.33. The van der Waals surface area contributed by atoms with Crippen LogP contribution in [0.15, 0.2) is 22.7 Å². The van der Waals surface area contributed by atoms with Gasteiger partial charge < -0.3 is 10.1 Å². The second kappa shape index (κ2) is 8.15. The van der Waals surface area contributed by atoms with Gasteiger partial charge in [0.1, 0.15) is 11.6 Å². The molecule has 0 aliphatic rings. The number of hydrogen-bond donors (Lipinski definition) is 1. The maximum Gasteiger partial charge on any atom is 0.260 e.